The second-order valence-corrected chi connectivity index (χ2v) is 6.71. The molecule has 0 saturated heterocycles. The number of nitrogens with one attached hydrogen (secondary N) is 1. The highest BCUT2D eigenvalue weighted by Crippen LogP contribution is 2.28. The summed E-state index contributed by atoms with van der Waals surface area (Å²) in [4.78, 5) is 0.235. The van der Waals surface area contributed by atoms with Crippen LogP contribution in [-0.2, 0) is 10.0 Å². The van der Waals surface area contributed by atoms with Gasteiger partial charge in [-0.15, -0.1) is 0 Å². The molecule has 5 nitrogen and oxygen atoms in total. The van der Waals surface area contributed by atoms with Gasteiger partial charge in [0, 0.05) is 12.1 Å². The Kier molecular flexibility index (Phi) is 4.13. The van der Waals surface area contributed by atoms with Gasteiger partial charge in [0.2, 0.25) is 10.0 Å². The van der Waals surface area contributed by atoms with E-state index in [4.69, 9.17) is 10.5 Å². The summed E-state index contributed by atoms with van der Waals surface area (Å²) in [5.74, 6) is 0.663. The fourth-order valence-corrected chi connectivity index (χ4v) is 3.15. The first-order chi connectivity index (χ1) is 8.95. The molecule has 0 aromatic heterocycles. The van der Waals surface area contributed by atoms with Gasteiger partial charge in [0.15, 0.2) is 0 Å². The van der Waals surface area contributed by atoms with Crippen LogP contribution in [0.5, 0.6) is 5.75 Å². The largest absolute Gasteiger partial charge is 0.494 e. The van der Waals surface area contributed by atoms with Gasteiger partial charge in [-0.05, 0) is 50.5 Å². The molecule has 1 fully saturated rings. The van der Waals surface area contributed by atoms with E-state index in [9.17, 15) is 8.42 Å². The Bertz CT molecular complexity index is 521. The average Bonchev–Trinajstić information content (AvgIpc) is 2.35. The minimum absolute atomic E-state index is 0.235. The summed E-state index contributed by atoms with van der Waals surface area (Å²) in [5, 5.41) is 0. The van der Waals surface area contributed by atoms with E-state index in [2.05, 4.69) is 4.72 Å². The van der Waals surface area contributed by atoms with E-state index in [0.717, 1.165) is 19.3 Å². The first kappa shape index (κ1) is 14.3. The molecule has 1 aromatic carbocycles. The van der Waals surface area contributed by atoms with Gasteiger partial charge in [0.1, 0.15) is 5.75 Å². The van der Waals surface area contributed by atoms with E-state index < -0.39 is 10.0 Å². The lowest BCUT2D eigenvalue weighted by molar-refractivity contribution is 0.251. The third-order valence-electron chi connectivity index (χ3n) is 3.41. The van der Waals surface area contributed by atoms with E-state index in [0.29, 0.717) is 18.9 Å². The number of ether oxygens (including phenoxy) is 1. The number of rotatable bonds is 6. The molecular formula is C13H20N2O3S. The fraction of sp³-hybridized carbons (Fsp3) is 0.538. The standard InChI is InChI=1S/C13H20N2O3S/c1-2-18-11-4-6-12(7-5-11)19(16,17)15-10-13(14)8-3-9-13/h4-7,15H,2-3,8-10,14H2,1H3. The van der Waals surface area contributed by atoms with Crippen molar-refractivity contribution >= 4 is 10.0 Å². The van der Waals surface area contributed by atoms with Crippen molar-refractivity contribution in [3.8, 4) is 5.75 Å². The van der Waals surface area contributed by atoms with Gasteiger partial charge in [0.25, 0.3) is 0 Å². The Balaban J connectivity index is 2.02. The molecule has 0 bridgehead atoms. The summed E-state index contributed by atoms with van der Waals surface area (Å²) in [5.41, 5.74) is 5.64. The summed E-state index contributed by atoms with van der Waals surface area (Å²) in [6.45, 7) is 2.73. The van der Waals surface area contributed by atoms with Gasteiger partial charge in [0.05, 0.1) is 11.5 Å². The number of nitrogens with two attached hydrogens (primary N) is 1. The van der Waals surface area contributed by atoms with Crippen LogP contribution < -0.4 is 15.2 Å². The topological polar surface area (TPSA) is 81.4 Å². The zero-order valence-electron chi connectivity index (χ0n) is 11.1. The maximum absolute atomic E-state index is 12.1. The summed E-state index contributed by atoms with van der Waals surface area (Å²) < 4.78 is 32.0. The third-order valence-corrected chi connectivity index (χ3v) is 4.83. The Morgan fingerprint density at radius 2 is 1.95 bits per heavy atom. The van der Waals surface area contributed by atoms with Crippen LogP contribution in [0.15, 0.2) is 29.2 Å². The molecule has 106 valence electrons. The molecule has 0 amide bonds. The van der Waals surface area contributed by atoms with Crippen LogP contribution in [0.4, 0.5) is 0 Å². The van der Waals surface area contributed by atoms with E-state index in [1.54, 1.807) is 12.1 Å². The van der Waals surface area contributed by atoms with Gasteiger partial charge in [-0.3, -0.25) is 0 Å². The highest BCUT2D eigenvalue weighted by atomic mass is 32.2. The molecule has 0 aliphatic heterocycles. The van der Waals surface area contributed by atoms with Gasteiger partial charge < -0.3 is 10.5 Å². The van der Waals surface area contributed by atoms with Crippen molar-refractivity contribution in [1.82, 2.24) is 4.72 Å². The van der Waals surface area contributed by atoms with E-state index in [1.807, 2.05) is 6.92 Å². The van der Waals surface area contributed by atoms with Crippen molar-refractivity contribution < 1.29 is 13.2 Å². The molecule has 1 aliphatic rings. The van der Waals surface area contributed by atoms with Gasteiger partial charge in [-0.2, -0.15) is 0 Å². The molecule has 0 heterocycles. The number of hydrogen-bond acceptors (Lipinski definition) is 4. The molecule has 1 aromatic rings. The summed E-state index contributed by atoms with van der Waals surface area (Å²) in [6, 6.07) is 6.38. The maximum Gasteiger partial charge on any atom is 0.240 e. The predicted molar refractivity (Wildman–Crippen MR) is 73.6 cm³/mol. The minimum atomic E-state index is -3.49. The lowest BCUT2D eigenvalue weighted by Gasteiger charge is -2.37. The summed E-state index contributed by atoms with van der Waals surface area (Å²) in [7, 11) is -3.49. The van der Waals surface area contributed by atoms with Gasteiger partial charge >= 0.3 is 0 Å². The molecule has 1 saturated carbocycles. The van der Waals surface area contributed by atoms with Gasteiger partial charge in [-0.1, -0.05) is 0 Å². The Labute approximate surface area is 114 Å². The van der Waals surface area contributed by atoms with Crippen LogP contribution in [0, 0.1) is 0 Å². The molecule has 2 rings (SSSR count). The van der Waals surface area contributed by atoms with Gasteiger partial charge in [-0.25, -0.2) is 13.1 Å². The Morgan fingerprint density at radius 1 is 1.32 bits per heavy atom. The van der Waals surface area contributed by atoms with Crippen LogP contribution >= 0.6 is 0 Å². The van der Waals surface area contributed by atoms with Crippen LogP contribution in [0.1, 0.15) is 26.2 Å². The zero-order chi connectivity index (χ0) is 13.9. The maximum atomic E-state index is 12.1. The van der Waals surface area contributed by atoms with Crippen molar-refractivity contribution in [2.45, 2.75) is 36.6 Å². The molecule has 0 atom stereocenters. The first-order valence-corrected chi connectivity index (χ1v) is 7.95. The lowest BCUT2D eigenvalue weighted by atomic mass is 9.78. The van der Waals surface area contributed by atoms with E-state index in [-0.39, 0.29) is 10.4 Å². The molecule has 19 heavy (non-hydrogen) atoms. The smallest absolute Gasteiger partial charge is 0.240 e. The number of hydrogen-bond donors (Lipinski definition) is 2. The normalized spacial score (nSPS) is 17.8. The molecule has 0 spiro atoms. The molecule has 1 aliphatic carbocycles. The quantitative estimate of drug-likeness (QED) is 0.823. The minimum Gasteiger partial charge on any atom is -0.494 e. The molecule has 0 radical (unpaired) electrons. The van der Waals surface area contributed by atoms with Crippen molar-refractivity contribution in [2.24, 2.45) is 5.73 Å². The average molecular weight is 284 g/mol. The Morgan fingerprint density at radius 3 is 2.42 bits per heavy atom. The summed E-state index contributed by atoms with van der Waals surface area (Å²) >= 11 is 0. The molecule has 3 N–H and O–H groups in total. The first-order valence-electron chi connectivity index (χ1n) is 6.47. The van der Waals surface area contributed by atoms with Crippen molar-refractivity contribution in [3.05, 3.63) is 24.3 Å². The Hall–Kier alpha value is -1.11. The molecular weight excluding hydrogens is 264 g/mol. The van der Waals surface area contributed by atoms with Crippen LogP contribution in [0.2, 0.25) is 0 Å². The van der Waals surface area contributed by atoms with Crippen molar-refractivity contribution in [3.63, 3.8) is 0 Å². The third kappa shape index (κ3) is 3.46. The zero-order valence-corrected chi connectivity index (χ0v) is 11.9. The van der Waals surface area contributed by atoms with E-state index in [1.165, 1.54) is 12.1 Å². The molecule has 0 unspecified atom stereocenters. The summed E-state index contributed by atoms with van der Waals surface area (Å²) in [6.07, 6.45) is 2.82. The second-order valence-electron chi connectivity index (χ2n) is 4.94. The van der Waals surface area contributed by atoms with Crippen LogP contribution in [-0.4, -0.2) is 27.1 Å². The number of benzene rings is 1. The van der Waals surface area contributed by atoms with Crippen LogP contribution in [0.3, 0.4) is 0 Å². The number of sulfonamides is 1. The van der Waals surface area contributed by atoms with Crippen molar-refractivity contribution in [1.29, 1.82) is 0 Å². The molecule has 6 heteroatoms. The monoisotopic (exact) mass is 284 g/mol. The fourth-order valence-electron chi connectivity index (χ4n) is 2.01. The lowest BCUT2D eigenvalue weighted by Crippen LogP contribution is -2.54. The van der Waals surface area contributed by atoms with Crippen LogP contribution in [0.25, 0.3) is 0 Å². The van der Waals surface area contributed by atoms with E-state index >= 15 is 0 Å². The second kappa shape index (κ2) is 5.48. The SMILES string of the molecule is CCOc1ccc(S(=O)(=O)NCC2(N)CCC2)cc1. The van der Waals surface area contributed by atoms with Crippen molar-refractivity contribution in [2.75, 3.05) is 13.2 Å². The highest BCUT2D eigenvalue weighted by molar-refractivity contribution is 7.89. The highest BCUT2D eigenvalue weighted by Gasteiger charge is 2.33. The predicted octanol–water partition coefficient (Wildman–Crippen LogP) is 1.24.